The van der Waals surface area contributed by atoms with Crippen molar-refractivity contribution in [2.45, 2.75) is 26.1 Å². The maximum atomic E-state index is 12.6. The fraction of sp³-hybridized carbons (Fsp3) is 0.611. The molecule has 1 amide bonds. The molecule has 24 heavy (non-hydrogen) atoms. The number of anilines is 1. The molecular weight excluding hydrogens is 306 g/mol. The molecular formula is C18H28N3O3+. The van der Waals surface area contributed by atoms with Crippen molar-refractivity contribution in [3.63, 3.8) is 0 Å². The summed E-state index contributed by atoms with van der Waals surface area (Å²) in [6.45, 7) is 9.73. The van der Waals surface area contributed by atoms with Gasteiger partial charge in [0.05, 0.1) is 0 Å². The van der Waals surface area contributed by atoms with Crippen LogP contribution in [0.4, 0.5) is 5.69 Å². The molecule has 2 aliphatic heterocycles. The van der Waals surface area contributed by atoms with Crippen LogP contribution in [-0.4, -0.2) is 73.9 Å². The van der Waals surface area contributed by atoms with Crippen molar-refractivity contribution in [3.8, 4) is 5.75 Å². The molecule has 2 heterocycles. The van der Waals surface area contributed by atoms with Crippen molar-refractivity contribution in [2.75, 3.05) is 50.7 Å². The largest absolute Gasteiger partial charge is 0.508 e. The van der Waals surface area contributed by atoms with Gasteiger partial charge in [-0.2, -0.15) is 0 Å². The molecule has 2 saturated heterocycles. The molecule has 0 aliphatic carbocycles. The lowest BCUT2D eigenvalue weighted by molar-refractivity contribution is -0.907. The second-order valence-corrected chi connectivity index (χ2v) is 6.98. The van der Waals surface area contributed by atoms with E-state index in [4.69, 9.17) is 4.74 Å². The number of hydrogen-bond acceptors (Lipinski definition) is 4. The average molecular weight is 334 g/mol. The monoisotopic (exact) mass is 334 g/mol. The van der Waals surface area contributed by atoms with Crippen LogP contribution in [-0.2, 0) is 9.53 Å². The minimum absolute atomic E-state index is 0.225. The number of benzene rings is 1. The zero-order valence-corrected chi connectivity index (χ0v) is 14.6. The first kappa shape index (κ1) is 17.0. The van der Waals surface area contributed by atoms with Gasteiger partial charge >= 0.3 is 0 Å². The van der Waals surface area contributed by atoms with E-state index in [9.17, 15) is 9.90 Å². The number of hydrogen-bond donors (Lipinski definition) is 2. The van der Waals surface area contributed by atoms with Gasteiger partial charge in [0.1, 0.15) is 31.0 Å². The maximum Gasteiger partial charge on any atom is 0.277 e. The van der Waals surface area contributed by atoms with Gasteiger partial charge in [-0.05, 0) is 38.1 Å². The fourth-order valence-electron chi connectivity index (χ4n) is 3.74. The van der Waals surface area contributed by atoms with Gasteiger partial charge in [-0.1, -0.05) is 0 Å². The average Bonchev–Trinajstić information content (AvgIpc) is 2.55. The normalized spacial score (nSPS) is 28.0. The standard InChI is InChI=1S/C18H27N3O3/c1-14-11-19(12-15(2)24-14)13-18(23)21-9-7-20(8-10-21)16-3-5-17(22)6-4-16/h3-6,14-15,22H,7-13H2,1-2H3/p+1/t14-,15-/m0/s1. The molecule has 1 aromatic rings. The van der Waals surface area contributed by atoms with E-state index in [1.165, 1.54) is 4.90 Å². The number of quaternary nitrogens is 1. The Labute approximate surface area is 143 Å². The molecule has 0 aromatic heterocycles. The highest BCUT2D eigenvalue weighted by Crippen LogP contribution is 2.19. The summed E-state index contributed by atoms with van der Waals surface area (Å²) in [7, 11) is 0. The Kier molecular flexibility index (Phi) is 5.26. The highest BCUT2D eigenvalue weighted by Gasteiger charge is 2.30. The number of phenolic OH excluding ortho intramolecular Hbond substituents is 1. The van der Waals surface area contributed by atoms with E-state index in [1.54, 1.807) is 12.1 Å². The Morgan fingerprint density at radius 1 is 1.12 bits per heavy atom. The van der Waals surface area contributed by atoms with Crippen molar-refractivity contribution in [1.29, 1.82) is 0 Å². The second kappa shape index (κ2) is 7.40. The molecule has 2 atom stereocenters. The Bertz CT molecular complexity index is 545. The molecule has 2 fully saturated rings. The van der Waals surface area contributed by atoms with Gasteiger partial charge in [-0.15, -0.1) is 0 Å². The topological polar surface area (TPSA) is 57.5 Å². The summed E-state index contributed by atoms with van der Waals surface area (Å²) >= 11 is 0. The molecule has 3 rings (SSSR count). The van der Waals surface area contributed by atoms with E-state index >= 15 is 0 Å². The van der Waals surface area contributed by atoms with E-state index < -0.39 is 0 Å². The summed E-state index contributed by atoms with van der Waals surface area (Å²) in [4.78, 5) is 18.1. The third kappa shape index (κ3) is 4.19. The molecule has 2 aliphatic rings. The van der Waals surface area contributed by atoms with E-state index in [-0.39, 0.29) is 23.9 Å². The Hall–Kier alpha value is -1.79. The summed E-state index contributed by atoms with van der Waals surface area (Å²) in [5.74, 6) is 0.529. The van der Waals surface area contributed by atoms with Crippen molar-refractivity contribution in [2.24, 2.45) is 0 Å². The highest BCUT2D eigenvalue weighted by molar-refractivity contribution is 5.77. The molecule has 0 spiro atoms. The quantitative estimate of drug-likeness (QED) is 0.799. The Balaban J connectivity index is 1.49. The van der Waals surface area contributed by atoms with E-state index in [2.05, 4.69) is 18.7 Å². The maximum absolute atomic E-state index is 12.6. The van der Waals surface area contributed by atoms with Crippen molar-refractivity contribution >= 4 is 11.6 Å². The number of rotatable bonds is 3. The SMILES string of the molecule is C[C@H]1C[NH+](CC(=O)N2CCN(c3ccc(O)cc3)CC2)C[C@H](C)O1. The number of nitrogens with one attached hydrogen (secondary N) is 1. The predicted octanol–water partition coefficient (Wildman–Crippen LogP) is -0.267. The lowest BCUT2D eigenvalue weighted by Crippen LogP contribution is -3.16. The third-order valence-corrected chi connectivity index (χ3v) is 4.87. The minimum Gasteiger partial charge on any atom is -0.508 e. The number of nitrogens with zero attached hydrogens (tertiary/aromatic N) is 2. The summed E-state index contributed by atoms with van der Waals surface area (Å²) in [5, 5.41) is 9.38. The fourth-order valence-corrected chi connectivity index (χ4v) is 3.74. The smallest absolute Gasteiger partial charge is 0.277 e. The number of ether oxygens (including phenoxy) is 1. The first-order valence-corrected chi connectivity index (χ1v) is 8.82. The van der Waals surface area contributed by atoms with Crippen molar-refractivity contribution < 1.29 is 19.5 Å². The van der Waals surface area contributed by atoms with Crippen LogP contribution in [0.1, 0.15) is 13.8 Å². The molecule has 0 saturated carbocycles. The van der Waals surface area contributed by atoms with Gasteiger partial charge < -0.3 is 24.5 Å². The second-order valence-electron chi connectivity index (χ2n) is 6.98. The zero-order chi connectivity index (χ0) is 17.1. The first-order valence-electron chi connectivity index (χ1n) is 8.82. The van der Waals surface area contributed by atoms with Crippen LogP contribution >= 0.6 is 0 Å². The number of amides is 1. The number of carbonyl (C=O) groups excluding carboxylic acids is 1. The molecule has 2 N–H and O–H groups in total. The van der Waals surface area contributed by atoms with Crippen LogP contribution in [0.5, 0.6) is 5.75 Å². The van der Waals surface area contributed by atoms with Crippen molar-refractivity contribution in [1.82, 2.24) is 4.90 Å². The van der Waals surface area contributed by atoms with Gasteiger partial charge in [0, 0.05) is 31.9 Å². The van der Waals surface area contributed by atoms with E-state index in [0.717, 1.165) is 45.0 Å². The van der Waals surface area contributed by atoms with Gasteiger partial charge in [0.15, 0.2) is 6.54 Å². The highest BCUT2D eigenvalue weighted by atomic mass is 16.5. The number of piperazine rings is 1. The summed E-state index contributed by atoms with van der Waals surface area (Å²) in [6.07, 6.45) is 0.450. The lowest BCUT2D eigenvalue weighted by atomic mass is 10.2. The molecule has 1 aromatic carbocycles. The van der Waals surface area contributed by atoms with Crippen LogP contribution in [0.25, 0.3) is 0 Å². The van der Waals surface area contributed by atoms with Gasteiger partial charge in [0.2, 0.25) is 0 Å². The predicted molar refractivity (Wildman–Crippen MR) is 92.5 cm³/mol. The number of phenols is 1. The summed E-state index contributed by atoms with van der Waals surface area (Å²) < 4.78 is 5.74. The summed E-state index contributed by atoms with van der Waals surface area (Å²) in [6, 6.07) is 7.26. The van der Waals surface area contributed by atoms with Crippen LogP contribution < -0.4 is 9.80 Å². The minimum atomic E-state index is 0.225. The van der Waals surface area contributed by atoms with Gasteiger partial charge in [-0.25, -0.2) is 0 Å². The van der Waals surface area contributed by atoms with E-state index in [0.29, 0.717) is 6.54 Å². The number of morpholine rings is 1. The Morgan fingerprint density at radius 3 is 2.29 bits per heavy atom. The van der Waals surface area contributed by atoms with Gasteiger partial charge in [-0.3, -0.25) is 4.79 Å². The van der Waals surface area contributed by atoms with Crippen LogP contribution in [0.2, 0.25) is 0 Å². The van der Waals surface area contributed by atoms with Crippen LogP contribution in [0, 0.1) is 0 Å². The molecule has 6 nitrogen and oxygen atoms in total. The molecule has 132 valence electrons. The number of aromatic hydroxyl groups is 1. The number of carbonyl (C=O) groups is 1. The zero-order valence-electron chi connectivity index (χ0n) is 14.6. The van der Waals surface area contributed by atoms with E-state index in [1.807, 2.05) is 17.0 Å². The molecule has 0 unspecified atom stereocenters. The van der Waals surface area contributed by atoms with Crippen LogP contribution in [0.3, 0.4) is 0 Å². The molecule has 6 heteroatoms. The lowest BCUT2D eigenvalue weighted by Gasteiger charge is -2.37. The molecule has 0 bridgehead atoms. The molecule has 0 radical (unpaired) electrons. The van der Waals surface area contributed by atoms with Gasteiger partial charge in [0.25, 0.3) is 5.91 Å². The van der Waals surface area contributed by atoms with Crippen LogP contribution in [0.15, 0.2) is 24.3 Å². The third-order valence-electron chi connectivity index (χ3n) is 4.87. The Morgan fingerprint density at radius 2 is 1.71 bits per heavy atom. The summed E-state index contributed by atoms with van der Waals surface area (Å²) in [5.41, 5.74) is 1.10. The van der Waals surface area contributed by atoms with Crippen molar-refractivity contribution in [3.05, 3.63) is 24.3 Å². The first-order chi connectivity index (χ1) is 11.5.